The third-order valence-corrected chi connectivity index (χ3v) is 8.57. The number of carbonyl (C=O) groups excluding carboxylic acids is 1. The number of hydrogen-bond donors (Lipinski definition) is 1. The van der Waals surface area contributed by atoms with Gasteiger partial charge >= 0.3 is 5.97 Å². The van der Waals surface area contributed by atoms with E-state index in [1.165, 1.54) is 24.2 Å². The Kier molecular flexibility index (Phi) is 7.79. The molecule has 1 aliphatic heterocycles. The summed E-state index contributed by atoms with van der Waals surface area (Å²) >= 11 is 1.43. The molecule has 1 aromatic carbocycles. The predicted molar refractivity (Wildman–Crippen MR) is 143 cm³/mol. The highest BCUT2D eigenvalue weighted by Gasteiger charge is 2.40. The zero-order chi connectivity index (χ0) is 25.8. The predicted octanol–water partition coefficient (Wildman–Crippen LogP) is 5.69. The number of carboxylic acids is 1. The Bertz CT molecular complexity index is 1240. The second-order valence-electron chi connectivity index (χ2n) is 9.90. The maximum Gasteiger partial charge on any atom is 0.304 e. The lowest BCUT2D eigenvalue weighted by Crippen LogP contribution is -2.44. The van der Waals surface area contributed by atoms with Gasteiger partial charge in [0.05, 0.1) is 43.2 Å². The SMILES string of the molecule is COc1cnc(-c2ccccc2-c2csc(N3CCCC[C@H](C4CCCC4)[C@H](CC(=O)O)C3=O)n2)cn1. The molecule has 0 radical (unpaired) electrons. The number of benzene rings is 1. The molecule has 0 spiro atoms. The van der Waals surface area contributed by atoms with Gasteiger partial charge in [0.15, 0.2) is 5.13 Å². The minimum absolute atomic E-state index is 0.0887. The number of aromatic nitrogens is 3. The van der Waals surface area contributed by atoms with Crippen molar-refractivity contribution in [3.05, 3.63) is 42.0 Å². The number of carboxylic acid groups (broad SMARTS) is 1. The summed E-state index contributed by atoms with van der Waals surface area (Å²) < 4.78 is 5.13. The lowest BCUT2D eigenvalue weighted by molar-refractivity contribution is -0.142. The number of methoxy groups -OCH3 is 1. The number of nitrogens with zero attached hydrogens (tertiary/aromatic N) is 4. The normalized spacial score (nSPS) is 21.0. The van der Waals surface area contributed by atoms with Crippen molar-refractivity contribution in [2.45, 2.75) is 51.4 Å². The molecule has 3 heterocycles. The molecule has 1 saturated heterocycles. The largest absolute Gasteiger partial charge is 0.481 e. The van der Waals surface area contributed by atoms with Gasteiger partial charge in [-0.2, -0.15) is 0 Å². The van der Waals surface area contributed by atoms with Gasteiger partial charge < -0.3 is 9.84 Å². The third-order valence-electron chi connectivity index (χ3n) is 7.71. The first kappa shape index (κ1) is 25.3. The Hall–Kier alpha value is -3.33. The van der Waals surface area contributed by atoms with E-state index < -0.39 is 11.9 Å². The van der Waals surface area contributed by atoms with Crippen LogP contribution in [-0.4, -0.2) is 45.6 Å². The standard InChI is InChI=1S/C28H32N4O4S/c1-36-25-16-29-23(15-30-25)20-11-4-5-12-21(20)24-17-37-28(31-24)32-13-7-6-10-19(18-8-2-3-9-18)22(27(32)35)14-26(33)34/h4-5,11-12,15-19,22H,2-3,6-10,13-14H2,1H3,(H,33,34)/t19-,22+/m1/s1. The summed E-state index contributed by atoms with van der Waals surface area (Å²) in [6.07, 6.45) is 10.5. The van der Waals surface area contributed by atoms with E-state index in [0.717, 1.165) is 48.9 Å². The summed E-state index contributed by atoms with van der Waals surface area (Å²) in [5.74, 6) is -0.486. The summed E-state index contributed by atoms with van der Waals surface area (Å²) in [4.78, 5) is 41.1. The maximum atomic E-state index is 13.9. The number of ether oxygens (including phenoxy) is 1. The minimum Gasteiger partial charge on any atom is -0.481 e. The average Bonchev–Trinajstić information content (AvgIpc) is 3.62. The second-order valence-corrected chi connectivity index (χ2v) is 10.7. The summed E-state index contributed by atoms with van der Waals surface area (Å²) in [5.41, 5.74) is 3.24. The number of hydrogen-bond acceptors (Lipinski definition) is 7. The number of aliphatic carboxylic acids is 1. The first-order valence-electron chi connectivity index (χ1n) is 13.0. The smallest absolute Gasteiger partial charge is 0.304 e. The molecule has 2 fully saturated rings. The molecule has 2 aliphatic rings. The lowest BCUT2D eigenvalue weighted by atomic mass is 9.74. The van der Waals surface area contributed by atoms with Gasteiger partial charge in [-0.05, 0) is 24.7 Å². The van der Waals surface area contributed by atoms with Crippen molar-refractivity contribution in [2.75, 3.05) is 18.6 Å². The van der Waals surface area contributed by atoms with Crippen molar-refractivity contribution in [1.29, 1.82) is 0 Å². The van der Waals surface area contributed by atoms with Crippen LogP contribution in [0.5, 0.6) is 5.88 Å². The molecule has 194 valence electrons. The van der Waals surface area contributed by atoms with Crippen LogP contribution in [0.1, 0.15) is 51.4 Å². The van der Waals surface area contributed by atoms with E-state index in [4.69, 9.17) is 9.72 Å². The molecule has 1 amide bonds. The van der Waals surface area contributed by atoms with Crippen LogP contribution in [0.2, 0.25) is 0 Å². The topological polar surface area (TPSA) is 106 Å². The van der Waals surface area contributed by atoms with Gasteiger partial charge in [-0.25, -0.2) is 15.0 Å². The zero-order valence-electron chi connectivity index (χ0n) is 21.0. The number of thiazole rings is 1. The number of carbonyl (C=O) groups is 2. The Morgan fingerprint density at radius 2 is 1.78 bits per heavy atom. The van der Waals surface area contributed by atoms with Crippen LogP contribution in [-0.2, 0) is 9.59 Å². The summed E-state index contributed by atoms with van der Waals surface area (Å²) in [6.45, 7) is 0.560. The van der Waals surface area contributed by atoms with Gasteiger partial charge in [-0.15, -0.1) is 11.3 Å². The Morgan fingerprint density at radius 1 is 1.05 bits per heavy atom. The Labute approximate surface area is 220 Å². The van der Waals surface area contributed by atoms with Crippen LogP contribution in [0.15, 0.2) is 42.0 Å². The van der Waals surface area contributed by atoms with E-state index >= 15 is 0 Å². The highest BCUT2D eigenvalue weighted by Crippen LogP contribution is 2.42. The van der Waals surface area contributed by atoms with Crippen LogP contribution in [0, 0.1) is 17.8 Å². The molecule has 1 saturated carbocycles. The summed E-state index contributed by atoms with van der Waals surface area (Å²) in [6, 6.07) is 7.85. The molecule has 0 unspecified atom stereocenters. The Morgan fingerprint density at radius 3 is 2.46 bits per heavy atom. The maximum absolute atomic E-state index is 13.9. The molecule has 9 heteroatoms. The quantitative estimate of drug-likeness (QED) is 0.427. The molecule has 2 atom stereocenters. The molecular weight excluding hydrogens is 488 g/mol. The fourth-order valence-corrected chi connectivity index (χ4v) is 6.77. The molecule has 37 heavy (non-hydrogen) atoms. The highest BCUT2D eigenvalue weighted by atomic mass is 32.1. The van der Waals surface area contributed by atoms with Gasteiger partial charge in [-0.1, -0.05) is 56.4 Å². The monoisotopic (exact) mass is 520 g/mol. The van der Waals surface area contributed by atoms with Gasteiger partial charge in [0.2, 0.25) is 11.8 Å². The van der Waals surface area contributed by atoms with Crippen LogP contribution >= 0.6 is 11.3 Å². The molecule has 8 nitrogen and oxygen atoms in total. The zero-order valence-corrected chi connectivity index (χ0v) is 21.8. The first-order valence-corrected chi connectivity index (χ1v) is 13.9. The van der Waals surface area contributed by atoms with Crippen molar-refractivity contribution >= 4 is 28.3 Å². The van der Waals surface area contributed by atoms with Crippen molar-refractivity contribution in [3.8, 4) is 28.4 Å². The molecule has 1 N–H and O–H groups in total. The second kappa shape index (κ2) is 11.4. The van der Waals surface area contributed by atoms with Crippen LogP contribution in [0.3, 0.4) is 0 Å². The fourth-order valence-electron chi connectivity index (χ4n) is 5.91. The molecular formula is C28H32N4O4S. The Balaban J connectivity index is 1.45. The number of amides is 1. The molecule has 5 rings (SSSR count). The fraction of sp³-hybridized carbons (Fsp3) is 0.464. The van der Waals surface area contributed by atoms with E-state index in [1.807, 2.05) is 29.6 Å². The van der Waals surface area contributed by atoms with Gasteiger partial charge in [-0.3, -0.25) is 14.5 Å². The van der Waals surface area contributed by atoms with E-state index in [2.05, 4.69) is 9.97 Å². The van der Waals surface area contributed by atoms with Crippen LogP contribution < -0.4 is 9.64 Å². The average molecular weight is 521 g/mol. The van der Waals surface area contributed by atoms with E-state index in [9.17, 15) is 14.7 Å². The highest BCUT2D eigenvalue weighted by molar-refractivity contribution is 7.14. The lowest BCUT2D eigenvalue weighted by Gasteiger charge is -2.35. The van der Waals surface area contributed by atoms with Gasteiger partial charge in [0, 0.05) is 23.1 Å². The number of rotatable bonds is 7. The van der Waals surface area contributed by atoms with Gasteiger partial charge in [0.25, 0.3) is 0 Å². The molecule has 0 bridgehead atoms. The third kappa shape index (κ3) is 5.51. The van der Waals surface area contributed by atoms with Crippen molar-refractivity contribution < 1.29 is 19.4 Å². The van der Waals surface area contributed by atoms with Crippen molar-refractivity contribution in [1.82, 2.24) is 15.0 Å². The summed E-state index contributed by atoms with van der Waals surface area (Å²) in [5, 5.41) is 12.3. The molecule has 1 aliphatic carbocycles. The first-order chi connectivity index (χ1) is 18.0. The van der Waals surface area contributed by atoms with Crippen LogP contribution in [0.25, 0.3) is 22.5 Å². The number of anilines is 1. The van der Waals surface area contributed by atoms with Crippen molar-refractivity contribution in [3.63, 3.8) is 0 Å². The molecule has 3 aromatic rings. The minimum atomic E-state index is -0.906. The van der Waals surface area contributed by atoms with Crippen LogP contribution in [0.4, 0.5) is 5.13 Å². The van der Waals surface area contributed by atoms with E-state index in [-0.39, 0.29) is 18.2 Å². The van der Waals surface area contributed by atoms with E-state index in [1.54, 1.807) is 24.4 Å². The van der Waals surface area contributed by atoms with Crippen molar-refractivity contribution in [2.24, 2.45) is 17.8 Å². The molecule has 2 aromatic heterocycles. The summed E-state index contributed by atoms with van der Waals surface area (Å²) in [7, 11) is 1.55. The van der Waals surface area contributed by atoms with Gasteiger partial charge in [0.1, 0.15) is 0 Å². The van der Waals surface area contributed by atoms with E-state index in [0.29, 0.717) is 29.2 Å².